The van der Waals surface area contributed by atoms with E-state index in [-0.39, 0.29) is 0 Å². The van der Waals surface area contributed by atoms with Gasteiger partial charge in [-0.25, -0.2) is 0 Å². The van der Waals surface area contributed by atoms with Gasteiger partial charge in [-0.1, -0.05) is 30.0 Å². The number of nitrogens with zero attached hydrogens (tertiary/aromatic N) is 2. The van der Waals surface area contributed by atoms with Gasteiger partial charge in [0, 0.05) is 29.4 Å². The fourth-order valence-corrected chi connectivity index (χ4v) is 3.51. The summed E-state index contributed by atoms with van der Waals surface area (Å²) in [6, 6.07) is 14.7. The summed E-state index contributed by atoms with van der Waals surface area (Å²) >= 11 is 1.77. The molecule has 0 N–H and O–H groups in total. The van der Waals surface area contributed by atoms with Crippen LogP contribution in [0.15, 0.2) is 52.3 Å². The molecule has 0 bridgehead atoms. The molecule has 0 unspecified atom stereocenters. The lowest BCUT2D eigenvalue weighted by Crippen LogP contribution is -2.28. The molecular formula is C19H24N2O2S. The van der Waals surface area contributed by atoms with Gasteiger partial charge < -0.3 is 19.3 Å². The van der Waals surface area contributed by atoms with Gasteiger partial charge in [0.2, 0.25) is 6.79 Å². The molecule has 3 rings (SSSR count). The number of benzene rings is 2. The van der Waals surface area contributed by atoms with Crippen molar-refractivity contribution in [1.29, 1.82) is 0 Å². The van der Waals surface area contributed by atoms with Crippen molar-refractivity contribution < 1.29 is 9.47 Å². The summed E-state index contributed by atoms with van der Waals surface area (Å²) in [6.45, 7) is 3.38. The lowest BCUT2D eigenvalue weighted by atomic mass is 10.2. The van der Waals surface area contributed by atoms with E-state index in [4.69, 9.17) is 9.47 Å². The molecule has 0 radical (unpaired) electrons. The third-order valence-electron chi connectivity index (χ3n) is 3.91. The summed E-state index contributed by atoms with van der Waals surface area (Å²) < 4.78 is 10.9. The topological polar surface area (TPSA) is 24.9 Å². The third-order valence-corrected chi connectivity index (χ3v) is 5.02. The fraction of sp³-hybridized carbons (Fsp3) is 0.368. The fourth-order valence-electron chi connectivity index (χ4n) is 2.54. The van der Waals surface area contributed by atoms with E-state index >= 15 is 0 Å². The maximum absolute atomic E-state index is 5.48. The molecule has 2 aromatic rings. The molecule has 5 heteroatoms. The van der Waals surface area contributed by atoms with Crippen molar-refractivity contribution in [3.05, 3.63) is 48.0 Å². The Bertz CT molecular complexity index is 691. The normalized spacial score (nSPS) is 13.0. The van der Waals surface area contributed by atoms with Crippen LogP contribution in [0.2, 0.25) is 0 Å². The highest BCUT2D eigenvalue weighted by Crippen LogP contribution is 2.38. The number of hydrogen-bond donors (Lipinski definition) is 0. The summed E-state index contributed by atoms with van der Waals surface area (Å²) in [5, 5.41) is 0. The lowest BCUT2D eigenvalue weighted by Gasteiger charge is -2.20. The molecule has 2 aromatic carbocycles. The van der Waals surface area contributed by atoms with Crippen molar-refractivity contribution in [3.8, 4) is 11.5 Å². The lowest BCUT2D eigenvalue weighted by molar-refractivity contribution is 0.174. The predicted molar refractivity (Wildman–Crippen MR) is 98.0 cm³/mol. The van der Waals surface area contributed by atoms with Gasteiger partial charge in [-0.3, -0.25) is 0 Å². The van der Waals surface area contributed by atoms with Crippen molar-refractivity contribution in [2.75, 3.05) is 41.0 Å². The van der Waals surface area contributed by atoms with Gasteiger partial charge in [-0.15, -0.1) is 0 Å². The van der Waals surface area contributed by atoms with Gasteiger partial charge in [0.25, 0.3) is 0 Å². The van der Waals surface area contributed by atoms with Crippen LogP contribution in [0.5, 0.6) is 11.5 Å². The van der Waals surface area contributed by atoms with Crippen molar-refractivity contribution >= 4 is 11.8 Å². The average Bonchev–Trinajstić information content (AvgIpc) is 3.02. The van der Waals surface area contributed by atoms with Crippen LogP contribution >= 0.6 is 11.8 Å². The van der Waals surface area contributed by atoms with Gasteiger partial charge >= 0.3 is 0 Å². The molecule has 1 aliphatic rings. The summed E-state index contributed by atoms with van der Waals surface area (Å²) in [5.74, 6) is 1.66. The van der Waals surface area contributed by atoms with E-state index in [9.17, 15) is 0 Å². The van der Waals surface area contributed by atoms with Gasteiger partial charge in [-0.05, 0) is 51.0 Å². The average molecular weight is 344 g/mol. The minimum absolute atomic E-state index is 0.316. The predicted octanol–water partition coefficient (Wildman–Crippen LogP) is 3.56. The minimum Gasteiger partial charge on any atom is -0.454 e. The van der Waals surface area contributed by atoms with Crippen molar-refractivity contribution in [2.45, 2.75) is 16.3 Å². The van der Waals surface area contributed by atoms with Crippen molar-refractivity contribution in [2.24, 2.45) is 0 Å². The first-order chi connectivity index (χ1) is 11.6. The van der Waals surface area contributed by atoms with Gasteiger partial charge in [-0.2, -0.15) is 0 Å². The monoisotopic (exact) mass is 344 g/mol. The number of rotatable bonds is 7. The van der Waals surface area contributed by atoms with Crippen LogP contribution in [0.4, 0.5) is 0 Å². The molecule has 24 heavy (non-hydrogen) atoms. The van der Waals surface area contributed by atoms with Crippen LogP contribution in [0.25, 0.3) is 0 Å². The minimum atomic E-state index is 0.316. The van der Waals surface area contributed by atoms with E-state index in [1.807, 2.05) is 6.07 Å². The zero-order valence-electron chi connectivity index (χ0n) is 14.5. The van der Waals surface area contributed by atoms with Gasteiger partial charge in [0.15, 0.2) is 11.5 Å². The standard InChI is InChI=1S/C19H24N2O2S/c1-20(2)10-11-21(3)13-15-6-4-5-7-19(15)24-16-8-9-17-18(12-16)23-14-22-17/h4-9,12H,10-11,13-14H2,1-3H3. The number of fused-ring (bicyclic) bond motifs is 1. The van der Waals surface area contributed by atoms with Crippen LogP contribution in [-0.2, 0) is 6.54 Å². The Balaban J connectivity index is 1.70. The number of likely N-dealkylation sites (N-methyl/N-ethyl adjacent to an activating group) is 2. The summed E-state index contributed by atoms with van der Waals surface area (Å²) in [4.78, 5) is 7.03. The Morgan fingerprint density at radius 1 is 0.958 bits per heavy atom. The van der Waals surface area contributed by atoms with Gasteiger partial charge in [0.1, 0.15) is 0 Å². The molecule has 0 amide bonds. The number of hydrogen-bond acceptors (Lipinski definition) is 5. The molecule has 1 aliphatic heterocycles. The Morgan fingerprint density at radius 3 is 2.58 bits per heavy atom. The highest BCUT2D eigenvalue weighted by Gasteiger charge is 2.14. The maximum atomic E-state index is 5.48. The molecule has 0 aliphatic carbocycles. The van der Waals surface area contributed by atoms with Crippen LogP contribution in [-0.4, -0.2) is 50.8 Å². The maximum Gasteiger partial charge on any atom is 0.231 e. The quantitative estimate of drug-likeness (QED) is 0.765. The first kappa shape index (κ1) is 17.1. The Kier molecular flexibility index (Phi) is 5.66. The Labute approximate surface area is 148 Å². The molecule has 0 saturated heterocycles. The SMILES string of the molecule is CN(C)CCN(C)Cc1ccccc1Sc1ccc2c(c1)OCO2. The van der Waals surface area contributed by atoms with E-state index < -0.39 is 0 Å². The molecular weight excluding hydrogens is 320 g/mol. The summed E-state index contributed by atoms with van der Waals surface area (Å²) in [7, 11) is 6.39. The van der Waals surface area contributed by atoms with E-state index in [2.05, 4.69) is 67.3 Å². The molecule has 128 valence electrons. The zero-order valence-corrected chi connectivity index (χ0v) is 15.3. The Morgan fingerprint density at radius 2 is 1.75 bits per heavy atom. The molecule has 4 nitrogen and oxygen atoms in total. The van der Waals surface area contributed by atoms with Crippen LogP contribution in [0.3, 0.4) is 0 Å². The van der Waals surface area contributed by atoms with Crippen LogP contribution in [0.1, 0.15) is 5.56 Å². The van der Waals surface area contributed by atoms with E-state index in [1.165, 1.54) is 15.4 Å². The van der Waals surface area contributed by atoms with Crippen molar-refractivity contribution in [3.63, 3.8) is 0 Å². The molecule has 0 aromatic heterocycles. The number of ether oxygens (including phenoxy) is 2. The Hall–Kier alpha value is -1.69. The molecule has 0 spiro atoms. The van der Waals surface area contributed by atoms with E-state index in [1.54, 1.807) is 11.8 Å². The highest BCUT2D eigenvalue weighted by molar-refractivity contribution is 7.99. The molecule has 0 fully saturated rings. The second-order valence-corrected chi connectivity index (χ2v) is 7.38. The van der Waals surface area contributed by atoms with Gasteiger partial charge in [0.05, 0.1) is 0 Å². The second kappa shape index (κ2) is 7.92. The van der Waals surface area contributed by atoms with Crippen LogP contribution in [0, 0.1) is 0 Å². The zero-order chi connectivity index (χ0) is 16.9. The molecule has 1 heterocycles. The first-order valence-electron chi connectivity index (χ1n) is 8.10. The molecule has 0 atom stereocenters. The van der Waals surface area contributed by atoms with Crippen molar-refractivity contribution in [1.82, 2.24) is 9.80 Å². The second-order valence-electron chi connectivity index (χ2n) is 6.27. The van der Waals surface area contributed by atoms with E-state index in [0.717, 1.165) is 31.1 Å². The van der Waals surface area contributed by atoms with E-state index in [0.29, 0.717) is 6.79 Å². The largest absolute Gasteiger partial charge is 0.454 e. The smallest absolute Gasteiger partial charge is 0.231 e. The summed E-state index contributed by atoms with van der Waals surface area (Å²) in [6.07, 6.45) is 0. The van der Waals surface area contributed by atoms with Crippen LogP contribution < -0.4 is 9.47 Å². The molecule has 0 saturated carbocycles. The summed E-state index contributed by atoms with van der Waals surface area (Å²) in [5.41, 5.74) is 1.35. The highest BCUT2D eigenvalue weighted by atomic mass is 32.2. The first-order valence-corrected chi connectivity index (χ1v) is 8.92. The third kappa shape index (κ3) is 4.44.